The van der Waals surface area contributed by atoms with E-state index in [1.165, 1.54) is 11.0 Å². The number of aromatic nitrogens is 2. The average molecular weight is 410 g/mol. The van der Waals surface area contributed by atoms with Crippen molar-refractivity contribution in [2.45, 2.75) is 25.2 Å². The fourth-order valence-electron chi connectivity index (χ4n) is 4.84. The normalized spacial score (nSPS) is 17.8. The van der Waals surface area contributed by atoms with Crippen LogP contribution in [0.15, 0.2) is 35.1 Å². The van der Waals surface area contributed by atoms with E-state index < -0.39 is 17.0 Å². The third-order valence-corrected chi connectivity index (χ3v) is 6.43. The van der Waals surface area contributed by atoms with Gasteiger partial charge in [-0.3, -0.25) is 14.6 Å². The summed E-state index contributed by atoms with van der Waals surface area (Å²) in [6.07, 6.45) is 0.697. The largest absolute Gasteiger partial charge is 0.342 e. The second-order valence-electron chi connectivity index (χ2n) is 8.08. The van der Waals surface area contributed by atoms with Gasteiger partial charge in [0.25, 0.3) is 5.56 Å². The van der Waals surface area contributed by atoms with Gasteiger partial charge in [0.05, 0.1) is 22.0 Å². The number of aromatic amines is 1. The number of hydrogen-bond acceptors (Lipinski definition) is 4. The fourth-order valence-corrected chi connectivity index (χ4v) is 4.84. The highest BCUT2D eigenvalue weighted by atomic mass is 19.1. The maximum absolute atomic E-state index is 14.7. The maximum atomic E-state index is 14.7. The molecule has 8 heteroatoms. The highest BCUT2D eigenvalue weighted by molar-refractivity contribution is 6.08. The summed E-state index contributed by atoms with van der Waals surface area (Å²) in [5.74, 6) is -1.18. The SMILES string of the molecule is Cc1cccc2c(=O)[nH]c(N3CCC4(CC3)C(=O)N(C)c3cc(F)cc(F)c34)nc12. The molecule has 0 unspecified atom stereocenters. The monoisotopic (exact) mass is 410 g/mol. The third-order valence-electron chi connectivity index (χ3n) is 6.43. The molecule has 30 heavy (non-hydrogen) atoms. The Kier molecular flexibility index (Phi) is 3.96. The zero-order chi connectivity index (χ0) is 21.2. The Bertz CT molecular complexity index is 1260. The van der Waals surface area contributed by atoms with E-state index in [4.69, 9.17) is 0 Å². The number of carbonyl (C=O) groups excluding carboxylic acids is 1. The van der Waals surface area contributed by atoms with Gasteiger partial charge >= 0.3 is 0 Å². The molecule has 0 saturated carbocycles. The summed E-state index contributed by atoms with van der Waals surface area (Å²) in [6.45, 7) is 2.72. The van der Waals surface area contributed by atoms with Crippen LogP contribution >= 0.6 is 0 Å². The first-order valence-corrected chi connectivity index (χ1v) is 9.84. The number of piperidine rings is 1. The Labute approximate surface area is 171 Å². The molecule has 1 aromatic heterocycles. The van der Waals surface area contributed by atoms with Crippen molar-refractivity contribution in [3.05, 3.63) is 63.4 Å². The van der Waals surface area contributed by atoms with Crippen molar-refractivity contribution in [2.24, 2.45) is 0 Å². The van der Waals surface area contributed by atoms with E-state index in [0.29, 0.717) is 48.5 Å². The number of nitrogens with one attached hydrogen (secondary N) is 1. The van der Waals surface area contributed by atoms with Crippen LogP contribution in [0.5, 0.6) is 0 Å². The van der Waals surface area contributed by atoms with Gasteiger partial charge in [0, 0.05) is 31.8 Å². The molecule has 1 amide bonds. The molecule has 2 aliphatic rings. The molecule has 154 valence electrons. The summed E-state index contributed by atoms with van der Waals surface area (Å²) in [5.41, 5.74) is 0.859. The molecular weight excluding hydrogens is 390 g/mol. The molecule has 1 N–H and O–H groups in total. The van der Waals surface area contributed by atoms with E-state index in [1.54, 1.807) is 13.1 Å². The summed E-state index contributed by atoms with van der Waals surface area (Å²) in [4.78, 5) is 36.3. The van der Waals surface area contributed by atoms with Gasteiger partial charge in [0.15, 0.2) is 0 Å². The van der Waals surface area contributed by atoms with Gasteiger partial charge in [-0.15, -0.1) is 0 Å². The topological polar surface area (TPSA) is 69.3 Å². The van der Waals surface area contributed by atoms with Crippen molar-refractivity contribution < 1.29 is 13.6 Å². The lowest BCUT2D eigenvalue weighted by Gasteiger charge is -2.38. The minimum Gasteiger partial charge on any atom is -0.342 e. The number of amides is 1. The number of aryl methyl sites for hydroxylation is 1. The number of rotatable bonds is 1. The van der Waals surface area contributed by atoms with E-state index >= 15 is 0 Å². The van der Waals surface area contributed by atoms with Crippen LogP contribution in [0, 0.1) is 18.6 Å². The molecule has 1 fully saturated rings. The fraction of sp³-hybridized carbons (Fsp3) is 0.318. The van der Waals surface area contributed by atoms with Crippen LogP contribution < -0.4 is 15.4 Å². The number of nitrogens with zero attached hydrogens (tertiary/aromatic N) is 3. The smallest absolute Gasteiger partial charge is 0.260 e. The first-order chi connectivity index (χ1) is 14.3. The molecule has 6 nitrogen and oxygen atoms in total. The summed E-state index contributed by atoms with van der Waals surface area (Å²) in [6, 6.07) is 7.49. The zero-order valence-corrected chi connectivity index (χ0v) is 16.6. The van der Waals surface area contributed by atoms with Gasteiger partial charge in [-0.1, -0.05) is 12.1 Å². The lowest BCUT2D eigenvalue weighted by molar-refractivity contribution is -0.123. The molecule has 0 bridgehead atoms. The molecule has 3 heterocycles. The Balaban J connectivity index is 1.51. The minimum absolute atomic E-state index is 0.220. The highest BCUT2D eigenvalue weighted by Crippen LogP contribution is 2.49. The van der Waals surface area contributed by atoms with Crippen LogP contribution in [-0.4, -0.2) is 36.0 Å². The number of para-hydroxylation sites is 1. The number of benzene rings is 2. The molecule has 2 aromatic carbocycles. The van der Waals surface area contributed by atoms with E-state index in [-0.39, 0.29) is 17.0 Å². The predicted molar refractivity (Wildman–Crippen MR) is 110 cm³/mol. The predicted octanol–water partition coefficient (Wildman–Crippen LogP) is 3.02. The molecule has 3 aromatic rings. The van der Waals surface area contributed by atoms with Crippen molar-refractivity contribution in [1.29, 1.82) is 0 Å². The number of likely N-dealkylation sites (N-methyl/N-ethyl adjacent to an activating group) is 1. The molecule has 0 radical (unpaired) electrons. The van der Waals surface area contributed by atoms with Crippen molar-refractivity contribution >= 4 is 28.4 Å². The van der Waals surface area contributed by atoms with E-state index in [2.05, 4.69) is 9.97 Å². The Morgan fingerprint density at radius 3 is 2.60 bits per heavy atom. The van der Waals surface area contributed by atoms with Gasteiger partial charge in [-0.2, -0.15) is 0 Å². The minimum atomic E-state index is -1.02. The van der Waals surface area contributed by atoms with E-state index in [1.807, 2.05) is 24.0 Å². The lowest BCUT2D eigenvalue weighted by Crippen LogP contribution is -2.49. The third kappa shape index (κ3) is 2.49. The van der Waals surface area contributed by atoms with Crippen molar-refractivity contribution in [3.63, 3.8) is 0 Å². The van der Waals surface area contributed by atoms with Crippen molar-refractivity contribution in [1.82, 2.24) is 9.97 Å². The van der Waals surface area contributed by atoms with Crippen molar-refractivity contribution in [2.75, 3.05) is 29.9 Å². The molecule has 5 rings (SSSR count). The molecule has 0 aliphatic carbocycles. The molecule has 0 atom stereocenters. The van der Waals surface area contributed by atoms with Crippen molar-refractivity contribution in [3.8, 4) is 0 Å². The van der Waals surface area contributed by atoms with Gasteiger partial charge in [-0.05, 0) is 37.5 Å². The number of hydrogen-bond donors (Lipinski definition) is 1. The Morgan fingerprint density at radius 2 is 1.87 bits per heavy atom. The molecule has 1 spiro atoms. The quantitative estimate of drug-likeness (QED) is 0.670. The number of halogens is 2. The number of H-pyrrole nitrogens is 1. The van der Waals surface area contributed by atoms with Gasteiger partial charge in [0.1, 0.15) is 11.6 Å². The zero-order valence-electron chi connectivity index (χ0n) is 16.6. The summed E-state index contributed by atoms with van der Waals surface area (Å²) < 4.78 is 28.5. The summed E-state index contributed by atoms with van der Waals surface area (Å²) in [7, 11) is 1.55. The Hall–Kier alpha value is -3.29. The van der Waals surface area contributed by atoms with Gasteiger partial charge < -0.3 is 9.80 Å². The van der Waals surface area contributed by atoms with Crippen LogP contribution in [0.3, 0.4) is 0 Å². The number of carbonyl (C=O) groups is 1. The van der Waals surface area contributed by atoms with E-state index in [9.17, 15) is 18.4 Å². The summed E-state index contributed by atoms with van der Waals surface area (Å²) >= 11 is 0. The van der Waals surface area contributed by atoms with Crippen LogP contribution in [0.2, 0.25) is 0 Å². The lowest BCUT2D eigenvalue weighted by atomic mass is 9.73. The summed E-state index contributed by atoms with van der Waals surface area (Å²) in [5, 5.41) is 0.526. The second-order valence-corrected chi connectivity index (χ2v) is 8.08. The van der Waals surface area contributed by atoms with Gasteiger partial charge in [0.2, 0.25) is 11.9 Å². The first-order valence-electron chi connectivity index (χ1n) is 9.84. The average Bonchev–Trinajstić information content (AvgIpc) is 2.91. The van der Waals surface area contributed by atoms with Crippen LogP contribution in [0.1, 0.15) is 24.0 Å². The molecule has 2 aliphatic heterocycles. The van der Waals surface area contributed by atoms with Crippen LogP contribution in [0.25, 0.3) is 10.9 Å². The highest BCUT2D eigenvalue weighted by Gasteiger charge is 2.53. The van der Waals surface area contributed by atoms with E-state index in [0.717, 1.165) is 11.6 Å². The second kappa shape index (κ2) is 6.35. The van der Waals surface area contributed by atoms with Gasteiger partial charge in [-0.25, -0.2) is 13.8 Å². The number of anilines is 2. The molecular formula is C22H20F2N4O2. The van der Waals surface area contributed by atoms with Crippen LogP contribution in [-0.2, 0) is 10.2 Å². The molecule has 1 saturated heterocycles. The number of fused-ring (bicyclic) bond motifs is 3. The first kappa shape index (κ1) is 18.7. The standard InChI is InChI=1S/C22H20F2N4O2/c1-12-4-3-5-14-18(12)25-21(26-19(14)29)28-8-6-22(7-9-28)17-15(24)10-13(23)11-16(17)27(2)20(22)30/h3-5,10-11H,6-9H2,1-2H3,(H,25,26,29). The maximum Gasteiger partial charge on any atom is 0.260 e. The van der Waals surface area contributed by atoms with Crippen LogP contribution in [0.4, 0.5) is 20.4 Å². The Morgan fingerprint density at radius 1 is 1.13 bits per heavy atom.